The summed E-state index contributed by atoms with van der Waals surface area (Å²) in [5.74, 6) is -0.0533. The van der Waals surface area contributed by atoms with Gasteiger partial charge in [-0.05, 0) is 47.5 Å². The highest BCUT2D eigenvalue weighted by Gasteiger charge is 2.15. The number of benzene rings is 1. The molecular weight excluding hydrogens is 308 g/mol. The van der Waals surface area contributed by atoms with Crippen LogP contribution in [0.5, 0.6) is 0 Å². The number of halogens is 1. The van der Waals surface area contributed by atoms with E-state index in [9.17, 15) is 4.79 Å². The SMILES string of the molecule is Cc1cc(-c2cccs2)cc(C)c1C(C=O)CBr. The molecule has 0 saturated heterocycles. The number of carbonyl (C=O) groups excluding carboxylic acids is 1. The van der Waals surface area contributed by atoms with Crippen molar-refractivity contribution in [2.75, 3.05) is 5.33 Å². The molecule has 1 aromatic heterocycles. The molecule has 2 rings (SSSR count). The summed E-state index contributed by atoms with van der Waals surface area (Å²) in [5.41, 5.74) is 4.77. The number of rotatable bonds is 4. The Morgan fingerprint density at radius 1 is 1.33 bits per heavy atom. The first kappa shape index (κ1) is 13.5. The van der Waals surface area contributed by atoms with Crippen LogP contribution in [-0.4, -0.2) is 11.6 Å². The van der Waals surface area contributed by atoms with Crippen molar-refractivity contribution in [3.05, 3.63) is 46.3 Å². The third-order valence-electron chi connectivity index (χ3n) is 3.10. The Labute approximate surface area is 120 Å². The number of alkyl halides is 1. The normalized spacial score (nSPS) is 12.4. The maximum atomic E-state index is 11.1. The maximum absolute atomic E-state index is 11.1. The van der Waals surface area contributed by atoms with Crippen LogP contribution in [0, 0.1) is 13.8 Å². The van der Waals surface area contributed by atoms with Crippen LogP contribution in [0.15, 0.2) is 29.6 Å². The second-order valence-electron chi connectivity index (χ2n) is 4.40. The zero-order chi connectivity index (χ0) is 13.1. The fourth-order valence-corrected chi connectivity index (χ4v) is 3.52. The molecule has 0 radical (unpaired) electrons. The van der Waals surface area contributed by atoms with E-state index in [2.05, 4.69) is 59.4 Å². The van der Waals surface area contributed by atoms with Crippen LogP contribution >= 0.6 is 27.3 Å². The van der Waals surface area contributed by atoms with E-state index in [0.29, 0.717) is 5.33 Å². The monoisotopic (exact) mass is 322 g/mol. The van der Waals surface area contributed by atoms with E-state index in [0.717, 1.165) is 11.8 Å². The number of aryl methyl sites for hydroxylation is 2. The van der Waals surface area contributed by atoms with Gasteiger partial charge in [-0.1, -0.05) is 34.1 Å². The zero-order valence-electron chi connectivity index (χ0n) is 10.4. The molecular formula is C15H15BrOS. The Morgan fingerprint density at radius 2 is 2.00 bits per heavy atom. The van der Waals surface area contributed by atoms with Crippen molar-refractivity contribution in [3.63, 3.8) is 0 Å². The average Bonchev–Trinajstić information content (AvgIpc) is 2.87. The molecule has 0 aliphatic carbocycles. The quantitative estimate of drug-likeness (QED) is 0.588. The van der Waals surface area contributed by atoms with Gasteiger partial charge in [0.05, 0.1) is 0 Å². The minimum absolute atomic E-state index is 0.0533. The van der Waals surface area contributed by atoms with Crippen molar-refractivity contribution in [2.24, 2.45) is 0 Å². The van der Waals surface area contributed by atoms with Crippen LogP contribution in [-0.2, 0) is 4.79 Å². The van der Waals surface area contributed by atoms with Crippen LogP contribution in [0.4, 0.5) is 0 Å². The minimum atomic E-state index is -0.0533. The molecule has 0 saturated carbocycles. The molecule has 3 heteroatoms. The lowest BCUT2D eigenvalue weighted by molar-refractivity contribution is -0.108. The molecule has 0 bridgehead atoms. The predicted octanol–water partition coefficient (Wildman–Crippen LogP) is 4.71. The Kier molecular flexibility index (Phi) is 4.36. The van der Waals surface area contributed by atoms with Gasteiger partial charge in [-0.25, -0.2) is 0 Å². The van der Waals surface area contributed by atoms with Gasteiger partial charge in [-0.3, -0.25) is 0 Å². The number of thiophene rings is 1. The first-order valence-corrected chi connectivity index (χ1v) is 7.83. The number of hydrogen-bond acceptors (Lipinski definition) is 2. The molecule has 0 fully saturated rings. The maximum Gasteiger partial charge on any atom is 0.128 e. The summed E-state index contributed by atoms with van der Waals surface area (Å²) in [7, 11) is 0. The summed E-state index contributed by atoms with van der Waals surface area (Å²) in [4.78, 5) is 12.4. The van der Waals surface area contributed by atoms with E-state index in [1.165, 1.54) is 21.6 Å². The van der Waals surface area contributed by atoms with Gasteiger partial charge in [-0.2, -0.15) is 0 Å². The largest absolute Gasteiger partial charge is 0.303 e. The Hall–Kier alpha value is -0.930. The van der Waals surface area contributed by atoms with Gasteiger partial charge in [0.1, 0.15) is 6.29 Å². The number of aldehydes is 1. The van der Waals surface area contributed by atoms with Gasteiger partial charge in [0.15, 0.2) is 0 Å². The molecule has 1 nitrogen and oxygen atoms in total. The first-order chi connectivity index (χ1) is 8.67. The summed E-state index contributed by atoms with van der Waals surface area (Å²) in [6.45, 7) is 4.16. The molecule has 0 spiro atoms. The van der Waals surface area contributed by atoms with Crippen LogP contribution in [0.25, 0.3) is 10.4 Å². The third-order valence-corrected chi connectivity index (χ3v) is 4.72. The molecule has 1 unspecified atom stereocenters. The molecule has 18 heavy (non-hydrogen) atoms. The fraction of sp³-hybridized carbons (Fsp3) is 0.267. The zero-order valence-corrected chi connectivity index (χ0v) is 12.8. The van der Waals surface area contributed by atoms with Gasteiger partial charge in [0.2, 0.25) is 0 Å². The van der Waals surface area contributed by atoms with E-state index in [4.69, 9.17) is 0 Å². The lowest BCUT2D eigenvalue weighted by Crippen LogP contribution is -2.06. The van der Waals surface area contributed by atoms with Crippen molar-refractivity contribution in [1.29, 1.82) is 0 Å². The molecule has 1 atom stereocenters. The standard InChI is InChI=1S/C15H15BrOS/c1-10-6-12(14-4-3-5-18-14)7-11(2)15(10)13(8-16)9-17/h3-7,9,13H,8H2,1-2H3. The lowest BCUT2D eigenvalue weighted by atomic mass is 9.91. The summed E-state index contributed by atoms with van der Waals surface area (Å²) in [6.07, 6.45) is 1.02. The second kappa shape index (κ2) is 5.81. The van der Waals surface area contributed by atoms with Gasteiger partial charge in [0.25, 0.3) is 0 Å². The van der Waals surface area contributed by atoms with Crippen LogP contribution in [0.3, 0.4) is 0 Å². The van der Waals surface area contributed by atoms with Gasteiger partial charge >= 0.3 is 0 Å². The second-order valence-corrected chi connectivity index (χ2v) is 5.99. The molecule has 0 aliphatic heterocycles. The van der Waals surface area contributed by atoms with E-state index >= 15 is 0 Å². The summed E-state index contributed by atoms with van der Waals surface area (Å²) in [5, 5.41) is 2.76. The van der Waals surface area contributed by atoms with Crippen molar-refractivity contribution in [1.82, 2.24) is 0 Å². The minimum Gasteiger partial charge on any atom is -0.303 e. The first-order valence-electron chi connectivity index (χ1n) is 5.83. The van der Waals surface area contributed by atoms with E-state index < -0.39 is 0 Å². The van der Waals surface area contributed by atoms with Crippen LogP contribution in [0.2, 0.25) is 0 Å². The highest BCUT2D eigenvalue weighted by Crippen LogP contribution is 2.31. The Bertz CT molecular complexity index is 523. The van der Waals surface area contributed by atoms with Crippen molar-refractivity contribution < 1.29 is 4.79 Å². The molecule has 0 amide bonds. The predicted molar refractivity (Wildman–Crippen MR) is 81.8 cm³/mol. The van der Waals surface area contributed by atoms with Crippen LogP contribution < -0.4 is 0 Å². The topological polar surface area (TPSA) is 17.1 Å². The molecule has 94 valence electrons. The Balaban J connectivity index is 2.50. The van der Waals surface area contributed by atoms with Crippen molar-refractivity contribution in [2.45, 2.75) is 19.8 Å². The summed E-state index contributed by atoms with van der Waals surface area (Å²) < 4.78 is 0. The van der Waals surface area contributed by atoms with Crippen LogP contribution in [0.1, 0.15) is 22.6 Å². The molecule has 1 heterocycles. The molecule has 2 aromatic rings. The summed E-state index contributed by atoms with van der Waals surface area (Å²) >= 11 is 5.15. The van der Waals surface area contributed by atoms with Crippen molar-refractivity contribution >= 4 is 33.6 Å². The van der Waals surface area contributed by atoms with E-state index in [-0.39, 0.29) is 5.92 Å². The molecule has 0 aliphatic rings. The fourth-order valence-electron chi connectivity index (χ4n) is 2.33. The molecule has 1 aromatic carbocycles. The van der Waals surface area contributed by atoms with Gasteiger partial charge < -0.3 is 4.79 Å². The van der Waals surface area contributed by atoms with Gasteiger partial charge in [-0.15, -0.1) is 11.3 Å². The number of carbonyl (C=O) groups is 1. The summed E-state index contributed by atoms with van der Waals surface area (Å²) in [6, 6.07) is 8.53. The Morgan fingerprint density at radius 3 is 2.44 bits per heavy atom. The number of hydrogen-bond donors (Lipinski definition) is 0. The molecule has 0 N–H and O–H groups in total. The lowest BCUT2D eigenvalue weighted by Gasteiger charge is -2.16. The average molecular weight is 323 g/mol. The highest BCUT2D eigenvalue weighted by atomic mass is 79.9. The van der Waals surface area contributed by atoms with Gasteiger partial charge in [0, 0.05) is 16.1 Å². The smallest absolute Gasteiger partial charge is 0.128 e. The third kappa shape index (κ3) is 2.57. The van der Waals surface area contributed by atoms with E-state index in [1.807, 2.05) is 0 Å². The highest BCUT2D eigenvalue weighted by molar-refractivity contribution is 9.09. The van der Waals surface area contributed by atoms with Crippen molar-refractivity contribution in [3.8, 4) is 10.4 Å². The van der Waals surface area contributed by atoms with E-state index in [1.54, 1.807) is 11.3 Å².